The zero-order chi connectivity index (χ0) is 18.8. The van der Waals surface area contributed by atoms with Crippen molar-refractivity contribution in [3.05, 3.63) is 69.4 Å². The van der Waals surface area contributed by atoms with Crippen LogP contribution in [0.15, 0.2) is 48.7 Å². The molecular weight excluding hydrogens is 382 g/mol. The van der Waals surface area contributed by atoms with Crippen LogP contribution in [-0.2, 0) is 13.0 Å². The van der Waals surface area contributed by atoms with Crippen LogP contribution >= 0.6 is 22.9 Å². The lowest BCUT2D eigenvalue weighted by molar-refractivity contribution is 0.102. The Morgan fingerprint density at radius 3 is 2.74 bits per heavy atom. The van der Waals surface area contributed by atoms with Gasteiger partial charge in [-0.3, -0.25) is 15.1 Å². The Kier molecular flexibility index (Phi) is 4.87. The van der Waals surface area contributed by atoms with Gasteiger partial charge in [0, 0.05) is 24.9 Å². The van der Waals surface area contributed by atoms with E-state index in [4.69, 9.17) is 11.6 Å². The van der Waals surface area contributed by atoms with E-state index in [0.29, 0.717) is 27.5 Å². The van der Waals surface area contributed by atoms with E-state index in [9.17, 15) is 4.79 Å². The molecular formula is C19H16ClN5OS. The molecule has 0 aliphatic heterocycles. The number of halogens is 1. The summed E-state index contributed by atoms with van der Waals surface area (Å²) in [6.45, 7) is 2.41. The van der Waals surface area contributed by atoms with E-state index >= 15 is 0 Å². The van der Waals surface area contributed by atoms with Crippen LogP contribution in [0.4, 0.5) is 5.95 Å². The van der Waals surface area contributed by atoms with Crippen molar-refractivity contribution in [3.8, 4) is 0 Å². The van der Waals surface area contributed by atoms with Gasteiger partial charge in [0.2, 0.25) is 5.95 Å². The fraction of sp³-hybridized carbons (Fsp3) is 0.158. The number of nitrogens with zero attached hydrogens (tertiary/aromatic N) is 4. The minimum absolute atomic E-state index is 0.258. The third kappa shape index (κ3) is 3.70. The van der Waals surface area contributed by atoms with Gasteiger partial charge in [-0.2, -0.15) is 0 Å². The number of hydrogen-bond acceptors (Lipinski definition) is 5. The number of amides is 1. The summed E-state index contributed by atoms with van der Waals surface area (Å²) in [6.07, 6.45) is 2.51. The van der Waals surface area contributed by atoms with E-state index in [2.05, 4.69) is 20.3 Å². The Morgan fingerprint density at radius 2 is 2.00 bits per heavy atom. The van der Waals surface area contributed by atoms with Crippen LogP contribution in [0.25, 0.3) is 11.0 Å². The smallest absolute Gasteiger partial charge is 0.270 e. The maximum atomic E-state index is 12.7. The number of fused-ring (bicyclic) bond motifs is 1. The summed E-state index contributed by atoms with van der Waals surface area (Å²) in [4.78, 5) is 26.2. The van der Waals surface area contributed by atoms with Gasteiger partial charge in [-0.1, -0.05) is 41.1 Å². The highest BCUT2D eigenvalue weighted by Crippen LogP contribution is 2.25. The van der Waals surface area contributed by atoms with Crippen molar-refractivity contribution < 1.29 is 4.79 Å². The summed E-state index contributed by atoms with van der Waals surface area (Å²) in [5.74, 6) is 0.243. The molecule has 1 N–H and O–H groups in total. The zero-order valence-corrected chi connectivity index (χ0v) is 16.1. The fourth-order valence-electron chi connectivity index (χ4n) is 2.90. The number of nitrogens with one attached hydrogen (secondary N) is 1. The van der Waals surface area contributed by atoms with E-state index in [0.717, 1.165) is 34.5 Å². The second-order valence-electron chi connectivity index (χ2n) is 5.98. The van der Waals surface area contributed by atoms with Crippen LogP contribution in [-0.4, -0.2) is 25.4 Å². The minimum Gasteiger partial charge on any atom is -0.310 e. The highest BCUT2D eigenvalue weighted by molar-refractivity contribution is 7.17. The average Bonchev–Trinajstić information content (AvgIpc) is 3.19. The van der Waals surface area contributed by atoms with Gasteiger partial charge in [-0.25, -0.2) is 9.97 Å². The van der Waals surface area contributed by atoms with Crippen LogP contribution in [0.5, 0.6) is 0 Å². The number of carbonyl (C=O) groups excluding carboxylic acids is 1. The van der Waals surface area contributed by atoms with Gasteiger partial charge < -0.3 is 4.57 Å². The quantitative estimate of drug-likeness (QED) is 0.543. The third-order valence-electron chi connectivity index (χ3n) is 4.17. The molecule has 0 atom stereocenters. The number of hydrogen-bond donors (Lipinski definition) is 1. The molecule has 0 fully saturated rings. The van der Waals surface area contributed by atoms with Gasteiger partial charge in [0.25, 0.3) is 5.91 Å². The lowest BCUT2D eigenvalue weighted by Gasteiger charge is -2.09. The van der Waals surface area contributed by atoms with Crippen LogP contribution in [0.1, 0.15) is 21.1 Å². The number of aromatic nitrogens is 4. The Labute approximate surface area is 164 Å². The van der Waals surface area contributed by atoms with Crippen molar-refractivity contribution in [1.29, 1.82) is 0 Å². The van der Waals surface area contributed by atoms with Crippen LogP contribution < -0.4 is 5.32 Å². The molecule has 0 saturated carbocycles. The molecule has 0 saturated heterocycles. The van der Waals surface area contributed by atoms with Crippen LogP contribution in [0, 0.1) is 6.92 Å². The van der Waals surface area contributed by atoms with Crippen molar-refractivity contribution in [3.63, 3.8) is 0 Å². The Bertz CT molecular complexity index is 1110. The molecule has 0 aliphatic carbocycles. The molecule has 4 rings (SSSR count). The summed E-state index contributed by atoms with van der Waals surface area (Å²) in [6, 6.07) is 13.6. The first-order chi connectivity index (χ1) is 13.1. The summed E-state index contributed by atoms with van der Waals surface area (Å²) >= 11 is 7.09. The van der Waals surface area contributed by atoms with Crippen LogP contribution in [0.2, 0.25) is 4.47 Å². The Hall–Kier alpha value is -2.77. The molecule has 1 amide bonds. The summed E-state index contributed by atoms with van der Waals surface area (Å²) < 4.78 is 2.35. The molecule has 6 nitrogen and oxygen atoms in total. The maximum absolute atomic E-state index is 12.7. The molecule has 27 heavy (non-hydrogen) atoms. The number of carbonyl (C=O) groups is 1. The van der Waals surface area contributed by atoms with Gasteiger partial charge in [-0.05, 0) is 31.2 Å². The minimum atomic E-state index is -0.258. The van der Waals surface area contributed by atoms with E-state index in [-0.39, 0.29) is 5.91 Å². The number of rotatable bonds is 5. The average molecular weight is 398 g/mol. The number of thiazole rings is 1. The predicted octanol–water partition coefficient (Wildman–Crippen LogP) is 4.34. The monoisotopic (exact) mass is 397 g/mol. The molecule has 3 aromatic heterocycles. The van der Waals surface area contributed by atoms with Crippen molar-refractivity contribution in [2.75, 3.05) is 5.32 Å². The molecule has 0 aliphatic rings. The second kappa shape index (κ2) is 7.46. The molecule has 136 valence electrons. The fourth-order valence-corrected chi connectivity index (χ4v) is 3.95. The lowest BCUT2D eigenvalue weighted by atomic mass is 10.2. The summed E-state index contributed by atoms with van der Waals surface area (Å²) in [5.41, 5.74) is 3.38. The topological polar surface area (TPSA) is 72.7 Å². The second-order valence-corrected chi connectivity index (χ2v) is 7.56. The maximum Gasteiger partial charge on any atom is 0.270 e. The van der Waals surface area contributed by atoms with E-state index < -0.39 is 0 Å². The number of para-hydroxylation sites is 2. The Morgan fingerprint density at radius 1 is 1.19 bits per heavy atom. The molecule has 8 heteroatoms. The van der Waals surface area contributed by atoms with Gasteiger partial charge in [0.15, 0.2) is 4.47 Å². The van der Waals surface area contributed by atoms with E-state index in [1.165, 1.54) is 0 Å². The first-order valence-corrected chi connectivity index (χ1v) is 9.61. The molecule has 0 unspecified atom stereocenters. The van der Waals surface area contributed by atoms with E-state index in [1.807, 2.05) is 47.0 Å². The van der Waals surface area contributed by atoms with Crippen molar-refractivity contribution in [1.82, 2.24) is 19.5 Å². The molecule has 4 aromatic rings. The van der Waals surface area contributed by atoms with E-state index in [1.54, 1.807) is 13.1 Å². The van der Waals surface area contributed by atoms with Gasteiger partial charge >= 0.3 is 0 Å². The largest absolute Gasteiger partial charge is 0.310 e. The van der Waals surface area contributed by atoms with Crippen molar-refractivity contribution >= 4 is 45.8 Å². The Balaban J connectivity index is 1.65. The molecule has 0 radical (unpaired) electrons. The first-order valence-electron chi connectivity index (χ1n) is 8.41. The summed E-state index contributed by atoms with van der Waals surface area (Å²) in [7, 11) is 0. The number of imidazole rings is 1. The van der Waals surface area contributed by atoms with Crippen molar-refractivity contribution in [2.45, 2.75) is 19.9 Å². The van der Waals surface area contributed by atoms with Crippen molar-refractivity contribution in [2.24, 2.45) is 0 Å². The first kappa shape index (κ1) is 17.6. The standard InChI is InChI=1S/C19H16ClN5OS/c1-12-16(27-18(20)22-12)17(26)24-19-23-14-7-2-3-8-15(14)25(19)11-9-13-6-4-5-10-21-13/h2-8,10H,9,11H2,1H3,(H,23,24,26). The molecule has 0 bridgehead atoms. The summed E-state index contributed by atoms with van der Waals surface area (Å²) in [5, 5.41) is 2.91. The number of aryl methyl sites for hydroxylation is 3. The molecule has 3 heterocycles. The highest BCUT2D eigenvalue weighted by Gasteiger charge is 2.18. The number of benzene rings is 1. The number of anilines is 1. The van der Waals surface area contributed by atoms with Gasteiger partial charge in [0.1, 0.15) is 4.88 Å². The lowest BCUT2D eigenvalue weighted by Crippen LogP contribution is -2.16. The SMILES string of the molecule is Cc1nc(Cl)sc1C(=O)Nc1nc2ccccc2n1CCc1ccccn1. The molecule has 0 spiro atoms. The predicted molar refractivity (Wildman–Crippen MR) is 107 cm³/mol. The normalized spacial score (nSPS) is 11.0. The van der Waals surface area contributed by atoms with Crippen LogP contribution in [0.3, 0.4) is 0 Å². The molecule has 1 aromatic carbocycles. The third-order valence-corrected chi connectivity index (χ3v) is 5.43. The number of pyridine rings is 1. The highest BCUT2D eigenvalue weighted by atomic mass is 35.5. The zero-order valence-electron chi connectivity index (χ0n) is 14.5. The van der Waals surface area contributed by atoms with Gasteiger partial charge in [-0.15, -0.1) is 0 Å². The van der Waals surface area contributed by atoms with Gasteiger partial charge in [0.05, 0.1) is 16.7 Å².